The van der Waals surface area contributed by atoms with Gasteiger partial charge in [-0.25, -0.2) is 0 Å². The predicted octanol–water partition coefficient (Wildman–Crippen LogP) is 4.00. The van der Waals surface area contributed by atoms with E-state index in [-0.39, 0.29) is 23.2 Å². The van der Waals surface area contributed by atoms with Crippen molar-refractivity contribution in [3.63, 3.8) is 0 Å². The molecule has 7 heteroatoms. The number of benzene rings is 1. The van der Waals surface area contributed by atoms with Crippen molar-refractivity contribution in [2.24, 2.45) is 11.3 Å². The Kier molecular flexibility index (Phi) is 8.11. The van der Waals surface area contributed by atoms with Gasteiger partial charge < -0.3 is 13.8 Å². The second-order valence-electron chi connectivity index (χ2n) is 9.41. The van der Waals surface area contributed by atoms with Gasteiger partial charge in [0.25, 0.3) is 0 Å². The van der Waals surface area contributed by atoms with Gasteiger partial charge in [0.2, 0.25) is 5.91 Å². The lowest BCUT2D eigenvalue weighted by atomic mass is 9.84. The van der Waals surface area contributed by atoms with Gasteiger partial charge in [-0.3, -0.25) is 4.79 Å². The fraction of sp³-hybridized carbons (Fsp3) is 0.682. The van der Waals surface area contributed by atoms with Gasteiger partial charge in [-0.05, 0) is 48.3 Å². The fourth-order valence-electron chi connectivity index (χ4n) is 3.88. The van der Waals surface area contributed by atoms with E-state index < -0.39 is 10.1 Å². The van der Waals surface area contributed by atoms with Crippen molar-refractivity contribution in [2.75, 3.05) is 19.4 Å². The summed E-state index contributed by atoms with van der Waals surface area (Å²) in [7, 11) is -3.55. The average molecular weight is 426 g/mol. The maximum Gasteiger partial charge on any atom is 0.306 e. The van der Waals surface area contributed by atoms with Crippen molar-refractivity contribution in [1.29, 1.82) is 0 Å². The molecule has 0 spiro atoms. The van der Waals surface area contributed by atoms with Crippen LogP contribution in [0.2, 0.25) is 0 Å². The Morgan fingerprint density at radius 3 is 2.45 bits per heavy atom. The number of hydrogen-bond donors (Lipinski definition) is 0. The van der Waals surface area contributed by atoms with Gasteiger partial charge in [0, 0.05) is 26.1 Å². The molecule has 0 bridgehead atoms. The first-order valence-electron chi connectivity index (χ1n) is 10.3. The van der Waals surface area contributed by atoms with Crippen molar-refractivity contribution < 1.29 is 22.1 Å². The highest BCUT2D eigenvalue weighted by Gasteiger charge is 2.25. The largest absolute Gasteiger partial charge is 0.383 e. The molecule has 0 aliphatic carbocycles. The van der Waals surface area contributed by atoms with Crippen molar-refractivity contribution in [1.82, 2.24) is 4.90 Å². The molecule has 6 nitrogen and oxygen atoms in total. The molecular weight excluding hydrogens is 390 g/mol. The summed E-state index contributed by atoms with van der Waals surface area (Å²) in [5, 5.41) is 0. The summed E-state index contributed by atoms with van der Waals surface area (Å²) in [6, 6.07) is 6.84. The molecule has 1 amide bonds. The number of carbonyl (C=O) groups excluding carboxylic acids is 1. The normalized spacial score (nSPS) is 18.4. The molecule has 1 saturated heterocycles. The maximum atomic E-state index is 13.1. The van der Waals surface area contributed by atoms with Crippen LogP contribution in [0.25, 0.3) is 0 Å². The topological polar surface area (TPSA) is 72.9 Å². The van der Waals surface area contributed by atoms with Crippen LogP contribution in [0, 0.1) is 11.3 Å². The highest BCUT2D eigenvalue weighted by molar-refractivity contribution is 7.86. The Morgan fingerprint density at radius 1 is 1.28 bits per heavy atom. The fourth-order valence-corrected chi connectivity index (χ4v) is 4.34. The summed E-state index contributed by atoms with van der Waals surface area (Å²) in [6.45, 7) is 10.5. The summed E-state index contributed by atoms with van der Waals surface area (Å²) in [5.41, 5.74) is 1.12. The van der Waals surface area contributed by atoms with E-state index in [0.717, 1.165) is 37.7 Å². The minimum Gasteiger partial charge on any atom is -0.383 e. The zero-order chi connectivity index (χ0) is 21.7. The lowest BCUT2D eigenvalue weighted by molar-refractivity contribution is -0.134. The Hall–Kier alpha value is -1.60. The minimum absolute atomic E-state index is 0.0877. The van der Waals surface area contributed by atoms with E-state index in [2.05, 4.69) is 27.7 Å². The van der Waals surface area contributed by atoms with E-state index in [1.165, 1.54) is 0 Å². The third-order valence-corrected chi connectivity index (χ3v) is 5.32. The Labute approximate surface area is 175 Å². The number of rotatable bonds is 9. The van der Waals surface area contributed by atoms with E-state index in [9.17, 15) is 13.2 Å². The van der Waals surface area contributed by atoms with Gasteiger partial charge in [0.15, 0.2) is 0 Å². The predicted molar refractivity (Wildman–Crippen MR) is 114 cm³/mol. The highest BCUT2D eigenvalue weighted by Crippen LogP contribution is 2.27. The summed E-state index contributed by atoms with van der Waals surface area (Å²) in [5.74, 6) is 0.709. The first-order valence-corrected chi connectivity index (χ1v) is 12.1. The van der Waals surface area contributed by atoms with Crippen molar-refractivity contribution in [3.8, 4) is 5.75 Å². The second-order valence-corrected chi connectivity index (χ2v) is 11.0. The molecule has 1 heterocycles. The molecule has 1 aromatic carbocycles. The second kappa shape index (κ2) is 9.94. The zero-order valence-electron chi connectivity index (χ0n) is 18.3. The number of carbonyl (C=O) groups is 1. The number of ether oxygens (including phenoxy) is 1. The molecule has 1 aromatic rings. The van der Waals surface area contributed by atoms with Crippen LogP contribution in [0.3, 0.4) is 0 Å². The van der Waals surface area contributed by atoms with Crippen LogP contribution >= 0.6 is 0 Å². The van der Waals surface area contributed by atoms with Gasteiger partial charge >= 0.3 is 10.1 Å². The summed E-state index contributed by atoms with van der Waals surface area (Å²) in [6.07, 6.45) is 4.61. The quantitative estimate of drug-likeness (QED) is 0.559. The molecule has 2 atom stereocenters. The van der Waals surface area contributed by atoms with Crippen LogP contribution < -0.4 is 4.18 Å². The molecule has 0 unspecified atom stereocenters. The van der Waals surface area contributed by atoms with Crippen LogP contribution in [0.5, 0.6) is 5.75 Å². The molecule has 2 rings (SSSR count). The smallest absolute Gasteiger partial charge is 0.306 e. The highest BCUT2D eigenvalue weighted by atomic mass is 32.2. The van der Waals surface area contributed by atoms with Gasteiger partial charge in [-0.15, -0.1) is 0 Å². The summed E-state index contributed by atoms with van der Waals surface area (Å²) < 4.78 is 33.2. The monoisotopic (exact) mass is 425 g/mol. The minimum atomic E-state index is -3.55. The Balaban J connectivity index is 2.05. The van der Waals surface area contributed by atoms with E-state index in [4.69, 9.17) is 8.92 Å². The first kappa shape index (κ1) is 23.7. The molecule has 1 aliphatic heterocycles. The van der Waals surface area contributed by atoms with E-state index in [0.29, 0.717) is 25.4 Å². The third-order valence-electron chi connectivity index (χ3n) is 4.83. The summed E-state index contributed by atoms with van der Waals surface area (Å²) >= 11 is 0. The molecule has 29 heavy (non-hydrogen) atoms. The van der Waals surface area contributed by atoms with Crippen LogP contribution in [-0.2, 0) is 26.2 Å². The maximum absolute atomic E-state index is 13.1. The molecule has 164 valence electrons. The third kappa shape index (κ3) is 9.17. The number of nitrogens with zero attached hydrogens (tertiary/aromatic N) is 1. The van der Waals surface area contributed by atoms with E-state index in [1.54, 1.807) is 24.3 Å². The van der Waals surface area contributed by atoms with E-state index in [1.807, 2.05) is 4.90 Å². The number of amides is 1. The lowest BCUT2D eigenvalue weighted by Gasteiger charge is -2.28. The Bertz CT molecular complexity index is 761. The van der Waals surface area contributed by atoms with Crippen LogP contribution in [0.4, 0.5) is 0 Å². The Morgan fingerprint density at radius 2 is 1.93 bits per heavy atom. The van der Waals surface area contributed by atoms with E-state index >= 15 is 0 Å². The zero-order valence-corrected chi connectivity index (χ0v) is 19.1. The van der Waals surface area contributed by atoms with Crippen molar-refractivity contribution in [2.45, 2.75) is 66.0 Å². The average Bonchev–Trinajstić information content (AvgIpc) is 3.05. The van der Waals surface area contributed by atoms with Crippen molar-refractivity contribution in [3.05, 3.63) is 29.8 Å². The van der Waals surface area contributed by atoms with Gasteiger partial charge in [-0.2, -0.15) is 8.42 Å². The molecule has 1 fully saturated rings. The van der Waals surface area contributed by atoms with Gasteiger partial charge in [0.05, 0.1) is 12.4 Å². The molecule has 1 aliphatic rings. The van der Waals surface area contributed by atoms with Gasteiger partial charge in [0.1, 0.15) is 5.75 Å². The molecule has 0 aromatic heterocycles. The standard InChI is InChI=1S/C22H35NO5S/c1-17(14-22(2,3)4)13-21(24)23(16-20-7-6-12-27-20)15-18-8-10-19(11-9-18)28-29(5,25)26/h8-11,17,20H,6-7,12-16H2,1-5H3/t17-,20+/m1/s1. The number of hydrogen-bond acceptors (Lipinski definition) is 5. The first-order chi connectivity index (χ1) is 13.4. The van der Waals surface area contributed by atoms with Crippen LogP contribution in [0.1, 0.15) is 58.9 Å². The van der Waals surface area contributed by atoms with Crippen LogP contribution in [-0.4, -0.2) is 44.7 Å². The molecule has 0 saturated carbocycles. The van der Waals surface area contributed by atoms with Gasteiger partial charge in [-0.1, -0.05) is 39.8 Å². The SMILES string of the molecule is C[C@H](CC(=O)N(Cc1ccc(OS(C)(=O)=O)cc1)C[C@@H]1CCCO1)CC(C)(C)C. The van der Waals surface area contributed by atoms with Crippen LogP contribution in [0.15, 0.2) is 24.3 Å². The molecule has 0 N–H and O–H groups in total. The van der Waals surface area contributed by atoms with Crippen molar-refractivity contribution >= 4 is 16.0 Å². The summed E-state index contributed by atoms with van der Waals surface area (Å²) in [4.78, 5) is 14.9. The molecule has 0 radical (unpaired) electrons. The lowest BCUT2D eigenvalue weighted by Crippen LogP contribution is -2.37. The molecular formula is C22H35NO5S.